The second-order valence-electron chi connectivity index (χ2n) is 8.30. The van der Waals surface area contributed by atoms with Crippen LogP contribution < -0.4 is 0 Å². The number of carbonyl (C=O) groups excluding carboxylic acids is 1. The SMILES string of the molecule is CCCN1CCN(C(=O)c2ccc(CN(CC3=NC=CC3)Cc3ncc[nH]3)cc2)CC1. The molecule has 3 heterocycles. The van der Waals surface area contributed by atoms with E-state index in [1.165, 1.54) is 11.3 Å². The highest BCUT2D eigenvalue weighted by atomic mass is 16.2. The van der Waals surface area contributed by atoms with Crippen LogP contribution in [0.3, 0.4) is 0 Å². The Bertz CT molecular complexity index is 895. The summed E-state index contributed by atoms with van der Waals surface area (Å²) in [7, 11) is 0. The Labute approximate surface area is 184 Å². The molecule has 0 aliphatic carbocycles. The summed E-state index contributed by atoms with van der Waals surface area (Å²) in [5.41, 5.74) is 3.12. The van der Waals surface area contributed by atoms with E-state index in [0.717, 1.165) is 76.6 Å². The first-order valence-corrected chi connectivity index (χ1v) is 11.2. The van der Waals surface area contributed by atoms with Gasteiger partial charge in [0.1, 0.15) is 5.82 Å². The molecule has 0 saturated carbocycles. The fraction of sp³-hybridized carbons (Fsp3) is 0.458. The van der Waals surface area contributed by atoms with E-state index in [2.05, 4.69) is 49.9 Å². The molecule has 0 atom stereocenters. The van der Waals surface area contributed by atoms with Crippen LogP contribution in [0.4, 0.5) is 0 Å². The first-order valence-electron chi connectivity index (χ1n) is 11.2. The van der Waals surface area contributed by atoms with Gasteiger partial charge in [-0.05, 0) is 30.7 Å². The Morgan fingerprint density at radius 1 is 1.10 bits per heavy atom. The van der Waals surface area contributed by atoms with Crippen LogP contribution in [0.15, 0.2) is 53.9 Å². The lowest BCUT2D eigenvalue weighted by atomic mass is 10.1. The van der Waals surface area contributed by atoms with Gasteiger partial charge >= 0.3 is 0 Å². The summed E-state index contributed by atoms with van der Waals surface area (Å²) < 4.78 is 0. The van der Waals surface area contributed by atoms with Crippen molar-refractivity contribution in [3.63, 3.8) is 0 Å². The van der Waals surface area contributed by atoms with Gasteiger partial charge in [0.2, 0.25) is 0 Å². The number of carbonyl (C=O) groups is 1. The Kier molecular flexibility index (Phi) is 7.27. The number of H-pyrrole nitrogens is 1. The zero-order chi connectivity index (χ0) is 21.5. The highest BCUT2D eigenvalue weighted by Gasteiger charge is 2.21. The Morgan fingerprint density at radius 3 is 2.55 bits per heavy atom. The number of hydrogen-bond donors (Lipinski definition) is 1. The maximum absolute atomic E-state index is 12.9. The third-order valence-electron chi connectivity index (χ3n) is 5.86. The minimum Gasteiger partial charge on any atom is -0.348 e. The Balaban J connectivity index is 1.36. The lowest BCUT2D eigenvalue weighted by molar-refractivity contribution is 0.0637. The number of aromatic nitrogens is 2. The van der Waals surface area contributed by atoms with Crippen molar-refractivity contribution in [3.8, 4) is 0 Å². The molecule has 164 valence electrons. The van der Waals surface area contributed by atoms with E-state index in [4.69, 9.17) is 0 Å². The van der Waals surface area contributed by atoms with Crippen molar-refractivity contribution >= 4 is 11.6 Å². The normalized spacial score (nSPS) is 16.8. The van der Waals surface area contributed by atoms with E-state index in [1.807, 2.05) is 29.4 Å². The molecule has 1 aromatic heterocycles. The largest absolute Gasteiger partial charge is 0.348 e. The molecule has 1 amide bonds. The number of imidazole rings is 1. The number of allylic oxidation sites excluding steroid dienone is 1. The number of rotatable bonds is 9. The van der Waals surface area contributed by atoms with E-state index in [-0.39, 0.29) is 5.91 Å². The number of aliphatic imine (C=N–C) groups is 1. The van der Waals surface area contributed by atoms with Crippen molar-refractivity contribution in [3.05, 3.63) is 65.9 Å². The maximum Gasteiger partial charge on any atom is 0.253 e. The topological polar surface area (TPSA) is 67.8 Å². The predicted octanol–water partition coefficient (Wildman–Crippen LogP) is 2.94. The molecule has 0 bridgehead atoms. The molecule has 1 saturated heterocycles. The van der Waals surface area contributed by atoms with E-state index >= 15 is 0 Å². The van der Waals surface area contributed by atoms with Crippen molar-refractivity contribution in [2.45, 2.75) is 32.9 Å². The van der Waals surface area contributed by atoms with Crippen LogP contribution in [0.1, 0.15) is 41.5 Å². The van der Waals surface area contributed by atoms with E-state index < -0.39 is 0 Å². The molecule has 1 N–H and O–H groups in total. The molecule has 1 fully saturated rings. The van der Waals surface area contributed by atoms with Gasteiger partial charge in [-0.15, -0.1) is 0 Å². The molecule has 2 aliphatic rings. The summed E-state index contributed by atoms with van der Waals surface area (Å²) in [4.78, 5) is 31.7. The second-order valence-corrected chi connectivity index (χ2v) is 8.30. The summed E-state index contributed by atoms with van der Waals surface area (Å²) in [6.07, 6.45) is 9.67. The van der Waals surface area contributed by atoms with Crippen LogP contribution in [-0.2, 0) is 13.1 Å². The van der Waals surface area contributed by atoms with Gasteiger partial charge < -0.3 is 9.88 Å². The quantitative estimate of drug-likeness (QED) is 0.677. The number of nitrogens with zero attached hydrogens (tertiary/aromatic N) is 5. The third kappa shape index (κ3) is 5.89. The molecule has 0 unspecified atom stereocenters. The fourth-order valence-corrected chi connectivity index (χ4v) is 4.21. The van der Waals surface area contributed by atoms with E-state index in [1.54, 1.807) is 6.20 Å². The van der Waals surface area contributed by atoms with E-state index in [0.29, 0.717) is 0 Å². The average molecular weight is 421 g/mol. The number of nitrogens with one attached hydrogen (secondary N) is 1. The van der Waals surface area contributed by atoms with Gasteiger partial charge in [-0.3, -0.25) is 19.6 Å². The van der Waals surface area contributed by atoms with Crippen LogP contribution in [0.5, 0.6) is 0 Å². The summed E-state index contributed by atoms with van der Waals surface area (Å²) in [6, 6.07) is 8.08. The Morgan fingerprint density at radius 2 is 1.90 bits per heavy atom. The smallest absolute Gasteiger partial charge is 0.253 e. The summed E-state index contributed by atoms with van der Waals surface area (Å²) >= 11 is 0. The van der Waals surface area contributed by atoms with Gasteiger partial charge in [0, 0.05) is 75.6 Å². The van der Waals surface area contributed by atoms with Gasteiger partial charge in [0.15, 0.2) is 0 Å². The molecule has 0 spiro atoms. The van der Waals surface area contributed by atoms with Crippen LogP contribution in [-0.4, -0.2) is 75.6 Å². The predicted molar refractivity (Wildman–Crippen MR) is 123 cm³/mol. The molecular formula is C24H32N6O. The summed E-state index contributed by atoms with van der Waals surface area (Å²) in [5, 5.41) is 0. The van der Waals surface area contributed by atoms with E-state index in [9.17, 15) is 4.79 Å². The number of piperazine rings is 1. The van der Waals surface area contributed by atoms with Crippen molar-refractivity contribution in [2.24, 2.45) is 4.99 Å². The minimum atomic E-state index is 0.140. The summed E-state index contributed by atoms with van der Waals surface area (Å²) in [5.74, 6) is 1.09. The highest BCUT2D eigenvalue weighted by molar-refractivity contribution is 5.94. The molecule has 4 rings (SSSR count). The average Bonchev–Trinajstić information content (AvgIpc) is 3.49. The van der Waals surface area contributed by atoms with Crippen LogP contribution in [0.25, 0.3) is 0 Å². The van der Waals surface area contributed by atoms with Crippen molar-refractivity contribution in [1.29, 1.82) is 0 Å². The van der Waals surface area contributed by atoms with Crippen molar-refractivity contribution < 1.29 is 4.79 Å². The first-order chi connectivity index (χ1) is 15.2. The van der Waals surface area contributed by atoms with Crippen LogP contribution >= 0.6 is 0 Å². The molecule has 31 heavy (non-hydrogen) atoms. The standard InChI is InChI=1S/C24H32N6O/c1-2-12-28-13-15-30(16-14-28)24(31)21-7-5-20(6-8-21)17-29(18-22-4-3-9-25-22)19-23-26-10-11-27-23/h3,5-11H,2,4,12-19H2,1H3,(H,26,27). The monoisotopic (exact) mass is 420 g/mol. The van der Waals surface area contributed by atoms with Gasteiger partial charge in [0.25, 0.3) is 5.91 Å². The van der Waals surface area contributed by atoms with Crippen LogP contribution in [0, 0.1) is 0 Å². The zero-order valence-electron chi connectivity index (χ0n) is 18.3. The molecule has 2 aliphatic heterocycles. The molecule has 7 nitrogen and oxygen atoms in total. The van der Waals surface area contributed by atoms with Crippen molar-refractivity contribution in [2.75, 3.05) is 39.3 Å². The second kappa shape index (κ2) is 10.5. The first kappa shape index (κ1) is 21.5. The van der Waals surface area contributed by atoms with Crippen LogP contribution in [0.2, 0.25) is 0 Å². The molecule has 1 aromatic carbocycles. The highest BCUT2D eigenvalue weighted by Crippen LogP contribution is 2.14. The maximum atomic E-state index is 12.9. The van der Waals surface area contributed by atoms with Gasteiger partial charge in [-0.25, -0.2) is 4.98 Å². The molecule has 2 aromatic rings. The number of benzene rings is 1. The minimum absolute atomic E-state index is 0.140. The third-order valence-corrected chi connectivity index (χ3v) is 5.86. The lowest BCUT2D eigenvalue weighted by Crippen LogP contribution is -2.48. The number of aromatic amines is 1. The fourth-order valence-electron chi connectivity index (χ4n) is 4.21. The van der Waals surface area contributed by atoms with Crippen molar-refractivity contribution in [1.82, 2.24) is 24.7 Å². The molecule has 7 heteroatoms. The number of amides is 1. The molecular weight excluding hydrogens is 388 g/mol. The zero-order valence-corrected chi connectivity index (χ0v) is 18.3. The number of hydrogen-bond acceptors (Lipinski definition) is 5. The van der Waals surface area contributed by atoms with Gasteiger partial charge in [-0.1, -0.05) is 25.1 Å². The lowest BCUT2D eigenvalue weighted by Gasteiger charge is -2.34. The summed E-state index contributed by atoms with van der Waals surface area (Å²) in [6.45, 7) is 9.20. The Hall–Kier alpha value is -2.77. The van der Waals surface area contributed by atoms with Gasteiger partial charge in [-0.2, -0.15) is 0 Å². The molecule has 0 radical (unpaired) electrons. The van der Waals surface area contributed by atoms with Gasteiger partial charge in [0.05, 0.1) is 6.54 Å².